The van der Waals surface area contributed by atoms with Crippen LogP contribution in [0, 0.1) is 5.41 Å². The first-order chi connectivity index (χ1) is 19.0. The van der Waals surface area contributed by atoms with Gasteiger partial charge in [-0.25, -0.2) is 0 Å². The Balaban J connectivity index is 2.40. The number of hydrogen-bond acceptors (Lipinski definition) is 7. The second-order valence-electron chi connectivity index (χ2n) is 9.20. The van der Waals surface area contributed by atoms with Gasteiger partial charge in [0.1, 0.15) is 11.8 Å². The van der Waals surface area contributed by atoms with Crippen molar-refractivity contribution in [1.29, 1.82) is 5.41 Å². The average molecular weight is 557 g/mol. The number of hydrogen-bond donors (Lipinski definition) is 8. The van der Waals surface area contributed by atoms with Gasteiger partial charge in [-0.2, -0.15) is 0 Å². The Kier molecular flexibility index (Phi) is 12.4. The van der Waals surface area contributed by atoms with E-state index in [9.17, 15) is 29.4 Å². The van der Waals surface area contributed by atoms with E-state index in [0.717, 1.165) is 5.56 Å². The number of guanidine groups is 1. The summed E-state index contributed by atoms with van der Waals surface area (Å²) in [6, 6.07) is 11.1. The molecule has 0 unspecified atom stereocenters. The van der Waals surface area contributed by atoms with Crippen LogP contribution in [0.5, 0.6) is 5.75 Å². The van der Waals surface area contributed by atoms with Gasteiger partial charge in [0.2, 0.25) is 11.8 Å². The van der Waals surface area contributed by atoms with E-state index >= 15 is 0 Å². The van der Waals surface area contributed by atoms with Gasteiger partial charge in [0, 0.05) is 19.5 Å². The van der Waals surface area contributed by atoms with Crippen molar-refractivity contribution in [3.8, 4) is 5.75 Å². The predicted molar refractivity (Wildman–Crippen MR) is 148 cm³/mol. The van der Waals surface area contributed by atoms with Gasteiger partial charge in [-0.1, -0.05) is 36.4 Å². The van der Waals surface area contributed by atoms with E-state index < -0.39 is 35.8 Å². The number of nitrogens with one attached hydrogen (secondary N) is 3. The number of benzene rings is 2. The lowest BCUT2D eigenvalue weighted by atomic mass is 10.0. The molecule has 40 heavy (non-hydrogen) atoms. The average Bonchev–Trinajstić information content (AvgIpc) is 2.90. The molecule has 0 aromatic heterocycles. The zero-order valence-corrected chi connectivity index (χ0v) is 22.0. The van der Waals surface area contributed by atoms with E-state index in [4.69, 9.17) is 22.0 Å². The second kappa shape index (κ2) is 15.7. The number of phenolic OH excluding ortho intramolecular Hbond substituents is 1. The molecule has 2 atom stereocenters. The minimum Gasteiger partial charge on any atom is -0.506 e. The molecule has 13 heteroatoms. The molecule has 0 aliphatic heterocycles. The van der Waals surface area contributed by atoms with Crippen LogP contribution in [0.1, 0.15) is 36.8 Å². The number of phenols is 1. The van der Waals surface area contributed by atoms with Crippen molar-refractivity contribution in [1.82, 2.24) is 10.6 Å². The zero-order valence-electron chi connectivity index (χ0n) is 22.0. The normalized spacial score (nSPS) is 12.1. The molecule has 0 heterocycles. The summed E-state index contributed by atoms with van der Waals surface area (Å²) >= 11 is 0. The van der Waals surface area contributed by atoms with Crippen molar-refractivity contribution >= 4 is 35.4 Å². The van der Waals surface area contributed by atoms with Gasteiger partial charge < -0.3 is 42.3 Å². The molecule has 13 nitrogen and oxygen atoms in total. The lowest BCUT2D eigenvalue weighted by molar-refractivity contribution is -0.138. The maximum Gasteiger partial charge on any atom is 0.307 e. The van der Waals surface area contributed by atoms with Gasteiger partial charge in [-0.05, 0) is 48.9 Å². The van der Waals surface area contributed by atoms with Crippen LogP contribution in [0.2, 0.25) is 0 Å². The van der Waals surface area contributed by atoms with Gasteiger partial charge in [-0.15, -0.1) is 0 Å². The fraction of sp³-hybridized carbons (Fsp3) is 0.370. The van der Waals surface area contributed by atoms with Crippen molar-refractivity contribution in [2.75, 3.05) is 18.0 Å². The minimum absolute atomic E-state index is 0.0796. The van der Waals surface area contributed by atoms with Crippen LogP contribution in [0.4, 0.5) is 5.69 Å². The van der Waals surface area contributed by atoms with E-state index in [0.29, 0.717) is 18.4 Å². The Morgan fingerprint density at radius 2 is 1.68 bits per heavy atom. The Bertz CT molecular complexity index is 1190. The summed E-state index contributed by atoms with van der Waals surface area (Å²) in [6.45, 7) is 0.333. The van der Waals surface area contributed by atoms with Gasteiger partial charge in [-0.3, -0.25) is 24.6 Å². The molecule has 10 N–H and O–H groups in total. The molecule has 0 spiro atoms. The third-order valence-electron chi connectivity index (χ3n) is 6.02. The number of nitrogens with zero attached hydrogens (tertiary/aromatic N) is 1. The molecule has 0 aliphatic carbocycles. The number of rotatable bonds is 16. The molecule has 0 saturated carbocycles. The van der Waals surface area contributed by atoms with Crippen LogP contribution in [0.3, 0.4) is 0 Å². The molecule has 216 valence electrons. The van der Waals surface area contributed by atoms with Gasteiger partial charge in [0.25, 0.3) is 0 Å². The number of carbonyl (C=O) groups is 4. The molecule has 2 rings (SSSR count). The standard InChI is InChI=1S/C27H36N6O7/c28-19(9-11-23(35)36)25(39)32-20(7-4-13-31-27(29)30)26(40)33(14-12-17-5-2-1-3-6-17)21-15-18(16-24(37)38)8-10-22(21)34/h1-3,5-6,8,10,15,19-20,34H,4,7,9,11-14,16,28H2,(H,32,39)(H,35,36)(H,37,38)(H4,29,30,31)/t19-,20-/m0/s1. The second-order valence-corrected chi connectivity index (χ2v) is 9.20. The van der Waals surface area contributed by atoms with Crippen LogP contribution >= 0.6 is 0 Å². The van der Waals surface area contributed by atoms with Crippen molar-refractivity contribution in [3.63, 3.8) is 0 Å². The summed E-state index contributed by atoms with van der Waals surface area (Å²) in [6.07, 6.45) is 0.0160. The Morgan fingerprint density at radius 1 is 0.975 bits per heavy atom. The van der Waals surface area contributed by atoms with Crippen LogP contribution in [-0.4, -0.2) is 70.2 Å². The molecular formula is C27H36N6O7. The zero-order chi connectivity index (χ0) is 29.7. The highest BCUT2D eigenvalue weighted by Gasteiger charge is 2.30. The Morgan fingerprint density at radius 3 is 2.30 bits per heavy atom. The summed E-state index contributed by atoms with van der Waals surface area (Å²) in [5, 5.41) is 41.4. The predicted octanol–water partition coefficient (Wildman–Crippen LogP) is 0.535. The summed E-state index contributed by atoms with van der Waals surface area (Å²) < 4.78 is 0. The fourth-order valence-corrected chi connectivity index (χ4v) is 3.97. The number of carboxylic acid groups (broad SMARTS) is 2. The number of anilines is 1. The Hall–Kier alpha value is -4.65. The maximum absolute atomic E-state index is 14.0. The summed E-state index contributed by atoms with van der Waals surface area (Å²) in [7, 11) is 0. The largest absolute Gasteiger partial charge is 0.506 e. The number of nitrogens with two attached hydrogens (primary N) is 2. The van der Waals surface area contributed by atoms with E-state index in [2.05, 4.69) is 10.6 Å². The number of aliphatic carboxylic acids is 2. The molecule has 0 saturated heterocycles. The summed E-state index contributed by atoms with van der Waals surface area (Å²) in [5.41, 5.74) is 12.5. The summed E-state index contributed by atoms with van der Waals surface area (Å²) in [4.78, 5) is 50.3. The van der Waals surface area contributed by atoms with Gasteiger partial charge in [0.15, 0.2) is 5.96 Å². The number of amides is 2. The topological polar surface area (TPSA) is 232 Å². The van der Waals surface area contributed by atoms with E-state index in [1.54, 1.807) is 0 Å². The highest BCUT2D eigenvalue weighted by Crippen LogP contribution is 2.30. The van der Waals surface area contributed by atoms with Crippen molar-refractivity contribution in [2.24, 2.45) is 11.5 Å². The monoisotopic (exact) mass is 556 g/mol. The van der Waals surface area contributed by atoms with E-state index in [-0.39, 0.29) is 56.2 Å². The van der Waals surface area contributed by atoms with Crippen LogP contribution < -0.4 is 27.0 Å². The summed E-state index contributed by atoms with van der Waals surface area (Å²) in [5.74, 6) is -4.01. The highest BCUT2D eigenvalue weighted by atomic mass is 16.4. The van der Waals surface area contributed by atoms with Crippen molar-refractivity contribution < 1.29 is 34.5 Å². The highest BCUT2D eigenvalue weighted by molar-refractivity contribution is 6.01. The fourth-order valence-electron chi connectivity index (χ4n) is 3.97. The van der Waals surface area contributed by atoms with Gasteiger partial charge in [0.05, 0.1) is 18.2 Å². The lowest BCUT2D eigenvalue weighted by Gasteiger charge is -2.30. The minimum atomic E-state index is -1.17. The number of carbonyl (C=O) groups excluding carboxylic acids is 2. The van der Waals surface area contributed by atoms with Gasteiger partial charge >= 0.3 is 11.9 Å². The molecule has 0 bridgehead atoms. The van der Waals surface area contributed by atoms with E-state index in [1.165, 1.54) is 23.1 Å². The van der Waals surface area contributed by atoms with Crippen LogP contribution in [0.25, 0.3) is 0 Å². The van der Waals surface area contributed by atoms with Crippen LogP contribution in [0.15, 0.2) is 48.5 Å². The smallest absolute Gasteiger partial charge is 0.307 e. The third kappa shape index (κ3) is 10.6. The molecule has 0 radical (unpaired) electrons. The van der Waals surface area contributed by atoms with E-state index in [1.807, 2.05) is 30.3 Å². The number of aromatic hydroxyl groups is 1. The third-order valence-corrected chi connectivity index (χ3v) is 6.02. The first kappa shape index (κ1) is 31.6. The first-order valence-corrected chi connectivity index (χ1v) is 12.7. The first-order valence-electron chi connectivity index (χ1n) is 12.7. The van der Waals surface area contributed by atoms with Crippen molar-refractivity contribution in [2.45, 2.75) is 50.6 Å². The molecular weight excluding hydrogens is 520 g/mol. The lowest BCUT2D eigenvalue weighted by Crippen LogP contribution is -2.53. The quantitative estimate of drug-likeness (QED) is 0.0811. The molecule has 2 aromatic rings. The molecule has 2 aromatic carbocycles. The maximum atomic E-state index is 14.0. The molecule has 2 amide bonds. The SMILES string of the molecule is N=C(N)NCCC[C@H](NC(=O)[C@@H](N)CCC(=O)O)C(=O)N(CCc1ccccc1)c1cc(CC(=O)O)ccc1O. The Labute approximate surface area is 231 Å². The molecule has 0 aliphatic rings. The molecule has 0 fully saturated rings. The number of carboxylic acids is 2. The van der Waals surface area contributed by atoms with Crippen molar-refractivity contribution in [3.05, 3.63) is 59.7 Å². The van der Waals surface area contributed by atoms with Crippen LogP contribution in [-0.2, 0) is 32.0 Å².